The second kappa shape index (κ2) is 8.14. The van der Waals surface area contributed by atoms with E-state index in [0.29, 0.717) is 13.2 Å². The van der Waals surface area contributed by atoms with E-state index in [1.165, 1.54) is 0 Å². The standard InChI is InChI=1S/C18H34O3Si/c1-10-20-16(19)13-11-12-15(17(2,3)4)14-21-22(8,9)18(5,6)7/h11H,10,13-14H2,1-9H3. The van der Waals surface area contributed by atoms with Gasteiger partial charge in [-0.05, 0) is 36.5 Å². The molecule has 128 valence electrons. The second-order valence-electron chi connectivity index (χ2n) is 8.14. The van der Waals surface area contributed by atoms with Crippen LogP contribution in [-0.4, -0.2) is 27.5 Å². The number of esters is 1. The number of rotatable bonds is 6. The molecule has 0 saturated heterocycles. The fourth-order valence-electron chi connectivity index (χ4n) is 1.42. The Hall–Kier alpha value is -0.833. The Morgan fingerprint density at radius 3 is 2.09 bits per heavy atom. The smallest absolute Gasteiger partial charge is 0.310 e. The average Bonchev–Trinajstić information content (AvgIpc) is 2.30. The summed E-state index contributed by atoms with van der Waals surface area (Å²) in [4.78, 5) is 11.4. The largest absolute Gasteiger partial charge is 0.466 e. The number of carbonyl (C=O) groups is 1. The fourth-order valence-corrected chi connectivity index (χ4v) is 2.36. The third-order valence-corrected chi connectivity index (χ3v) is 8.62. The van der Waals surface area contributed by atoms with Gasteiger partial charge in [0.05, 0.1) is 19.6 Å². The monoisotopic (exact) mass is 326 g/mol. The molecule has 0 spiro atoms. The van der Waals surface area contributed by atoms with Crippen molar-refractivity contribution in [3.63, 3.8) is 0 Å². The molecule has 22 heavy (non-hydrogen) atoms. The Kier molecular flexibility index (Phi) is 7.83. The van der Waals surface area contributed by atoms with Gasteiger partial charge in [0.1, 0.15) is 0 Å². The highest BCUT2D eigenvalue weighted by Gasteiger charge is 2.37. The third kappa shape index (κ3) is 7.44. The van der Waals surface area contributed by atoms with E-state index in [1.54, 1.807) is 6.08 Å². The van der Waals surface area contributed by atoms with Crippen LogP contribution in [0.1, 0.15) is 54.9 Å². The van der Waals surface area contributed by atoms with E-state index in [-0.39, 0.29) is 22.8 Å². The molecule has 0 radical (unpaired) electrons. The van der Waals surface area contributed by atoms with E-state index >= 15 is 0 Å². The number of hydrogen-bond acceptors (Lipinski definition) is 3. The van der Waals surface area contributed by atoms with Crippen LogP contribution in [0.4, 0.5) is 0 Å². The van der Waals surface area contributed by atoms with Crippen molar-refractivity contribution in [3.05, 3.63) is 17.4 Å². The predicted molar refractivity (Wildman–Crippen MR) is 95.5 cm³/mol. The molecule has 0 N–H and O–H groups in total. The van der Waals surface area contributed by atoms with Crippen LogP contribution in [0, 0.1) is 5.41 Å². The SMILES string of the molecule is CCOC(=O)CC=C=C(CO[Si](C)(C)C(C)(C)C)C(C)(C)C. The molecule has 0 bridgehead atoms. The molecule has 0 aliphatic heterocycles. The maximum absolute atomic E-state index is 11.4. The molecular formula is C18H34O3Si. The van der Waals surface area contributed by atoms with E-state index in [4.69, 9.17) is 9.16 Å². The van der Waals surface area contributed by atoms with Gasteiger partial charge in [0.15, 0.2) is 8.32 Å². The summed E-state index contributed by atoms with van der Waals surface area (Å²) < 4.78 is 11.2. The number of hydrogen-bond donors (Lipinski definition) is 0. The van der Waals surface area contributed by atoms with Crippen LogP contribution < -0.4 is 0 Å². The van der Waals surface area contributed by atoms with Crippen LogP contribution in [0.25, 0.3) is 0 Å². The topological polar surface area (TPSA) is 35.5 Å². The summed E-state index contributed by atoms with van der Waals surface area (Å²) in [6.07, 6.45) is 2.01. The molecule has 0 aliphatic carbocycles. The molecule has 0 atom stereocenters. The van der Waals surface area contributed by atoms with Crippen LogP contribution >= 0.6 is 0 Å². The third-order valence-electron chi connectivity index (χ3n) is 4.14. The van der Waals surface area contributed by atoms with Crippen molar-refractivity contribution in [3.8, 4) is 0 Å². The molecule has 0 rings (SSSR count). The Bertz CT molecular complexity index is 430. The van der Waals surface area contributed by atoms with Crippen molar-refractivity contribution >= 4 is 14.3 Å². The van der Waals surface area contributed by atoms with E-state index in [1.807, 2.05) is 6.92 Å². The maximum atomic E-state index is 11.4. The summed E-state index contributed by atoms with van der Waals surface area (Å²) in [5.41, 5.74) is 4.31. The lowest BCUT2D eigenvalue weighted by atomic mass is 9.87. The summed E-state index contributed by atoms with van der Waals surface area (Å²) in [6, 6.07) is 0. The lowest BCUT2D eigenvalue weighted by Crippen LogP contribution is -2.41. The minimum absolute atomic E-state index is 0.0342. The molecule has 0 aromatic rings. The van der Waals surface area contributed by atoms with Gasteiger partial charge < -0.3 is 9.16 Å². The molecule has 0 unspecified atom stereocenters. The Morgan fingerprint density at radius 2 is 1.68 bits per heavy atom. The van der Waals surface area contributed by atoms with Crippen molar-refractivity contribution in [2.75, 3.05) is 13.2 Å². The predicted octanol–water partition coefficient (Wildman–Crippen LogP) is 5.09. The molecule has 0 saturated carbocycles. The van der Waals surface area contributed by atoms with Crippen molar-refractivity contribution < 1.29 is 14.0 Å². The molecule has 3 nitrogen and oxygen atoms in total. The minimum Gasteiger partial charge on any atom is -0.466 e. The van der Waals surface area contributed by atoms with Gasteiger partial charge in [0, 0.05) is 5.57 Å². The fraction of sp³-hybridized carbons (Fsp3) is 0.778. The van der Waals surface area contributed by atoms with Crippen LogP contribution in [0.3, 0.4) is 0 Å². The van der Waals surface area contributed by atoms with E-state index in [0.717, 1.165) is 5.57 Å². The first-order chi connectivity index (χ1) is 9.81. The highest BCUT2D eigenvalue weighted by Crippen LogP contribution is 2.37. The molecular weight excluding hydrogens is 292 g/mol. The van der Waals surface area contributed by atoms with Crippen LogP contribution in [0.5, 0.6) is 0 Å². The van der Waals surface area contributed by atoms with Crippen LogP contribution in [0.2, 0.25) is 18.1 Å². The number of carbonyl (C=O) groups excluding carboxylic acids is 1. The van der Waals surface area contributed by atoms with E-state index in [2.05, 4.69) is 60.4 Å². The molecule has 0 amide bonds. The van der Waals surface area contributed by atoms with Gasteiger partial charge in [-0.25, -0.2) is 0 Å². The molecule has 4 heteroatoms. The van der Waals surface area contributed by atoms with Gasteiger partial charge >= 0.3 is 5.97 Å². The summed E-state index contributed by atoms with van der Waals surface area (Å²) in [5, 5.41) is 0.185. The zero-order chi connectivity index (χ0) is 17.6. The average molecular weight is 327 g/mol. The van der Waals surface area contributed by atoms with E-state index in [9.17, 15) is 4.79 Å². The maximum Gasteiger partial charge on any atom is 0.310 e. The zero-order valence-electron chi connectivity index (χ0n) is 15.9. The lowest BCUT2D eigenvalue weighted by molar-refractivity contribution is -0.142. The lowest BCUT2D eigenvalue weighted by Gasteiger charge is -2.37. The highest BCUT2D eigenvalue weighted by molar-refractivity contribution is 6.74. The zero-order valence-corrected chi connectivity index (χ0v) is 16.9. The Morgan fingerprint density at radius 1 is 1.14 bits per heavy atom. The van der Waals surface area contributed by atoms with Crippen molar-refractivity contribution in [1.29, 1.82) is 0 Å². The van der Waals surface area contributed by atoms with Crippen LogP contribution in [0.15, 0.2) is 17.4 Å². The minimum atomic E-state index is -1.79. The number of ether oxygens (including phenoxy) is 1. The highest BCUT2D eigenvalue weighted by atomic mass is 28.4. The van der Waals surface area contributed by atoms with Gasteiger partial charge in [-0.2, -0.15) is 0 Å². The Balaban J connectivity index is 5.03. The van der Waals surface area contributed by atoms with Crippen molar-refractivity contribution in [1.82, 2.24) is 0 Å². The Labute approximate surface area is 137 Å². The summed E-state index contributed by atoms with van der Waals surface area (Å²) >= 11 is 0. The van der Waals surface area contributed by atoms with Gasteiger partial charge in [-0.3, -0.25) is 4.79 Å². The van der Waals surface area contributed by atoms with Gasteiger partial charge in [-0.1, -0.05) is 41.5 Å². The summed E-state index contributed by atoms with van der Waals surface area (Å²) in [7, 11) is -1.79. The molecule has 0 aromatic heterocycles. The van der Waals surface area contributed by atoms with Crippen molar-refractivity contribution in [2.24, 2.45) is 5.41 Å². The molecule has 0 fully saturated rings. The normalized spacial score (nSPS) is 12.6. The van der Waals surface area contributed by atoms with Crippen LogP contribution in [-0.2, 0) is 14.0 Å². The first-order valence-corrected chi connectivity index (χ1v) is 11.0. The molecule has 0 heterocycles. The summed E-state index contributed by atoms with van der Waals surface area (Å²) in [5.74, 6) is -0.214. The first-order valence-electron chi connectivity index (χ1n) is 8.05. The van der Waals surface area contributed by atoms with Crippen molar-refractivity contribution in [2.45, 2.75) is 73.0 Å². The van der Waals surface area contributed by atoms with E-state index < -0.39 is 8.32 Å². The molecule has 0 aliphatic rings. The van der Waals surface area contributed by atoms with Gasteiger partial charge in [-0.15, -0.1) is 5.73 Å². The quantitative estimate of drug-likeness (QED) is 0.387. The first kappa shape index (κ1) is 21.2. The summed E-state index contributed by atoms with van der Waals surface area (Å²) in [6.45, 7) is 20.4. The molecule has 0 aromatic carbocycles. The van der Waals surface area contributed by atoms with Gasteiger partial charge in [0.25, 0.3) is 0 Å². The van der Waals surface area contributed by atoms with Gasteiger partial charge in [0.2, 0.25) is 0 Å². The second-order valence-corrected chi connectivity index (χ2v) is 12.9.